The van der Waals surface area contributed by atoms with Crippen molar-refractivity contribution in [1.82, 2.24) is 0 Å². The third-order valence-electron chi connectivity index (χ3n) is 3.45. The van der Waals surface area contributed by atoms with Gasteiger partial charge in [0.1, 0.15) is 16.9 Å². The van der Waals surface area contributed by atoms with Crippen molar-refractivity contribution in [3.63, 3.8) is 0 Å². The number of halogens is 2. The highest BCUT2D eigenvalue weighted by Crippen LogP contribution is 2.43. The Labute approximate surface area is 137 Å². The molecule has 2 aromatic carbocycles. The molecule has 1 atom stereocenters. The first kappa shape index (κ1) is 15.2. The molecule has 3 nitrogen and oxygen atoms in total. The summed E-state index contributed by atoms with van der Waals surface area (Å²) in [6.07, 6.45) is 0. The summed E-state index contributed by atoms with van der Waals surface area (Å²) in [4.78, 5) is 13.8. The molecule has 6 heteroatoms. The Morgan fingerprint density at radius 3 is 2.77 bits per heavy atom. The molecule has 1 fully saturated rings. The van der Waals surface area contributed by atoms with Gasteiger partial charge >= 0.3 is 0 Å². The van der Waals surface area contributed by atoms with Gasteiger partial charge in [0.2, 0.25) is 5.91 Å². The predicted octanol–water partition coefficient (Wildman–Crippen LogP) is 4.27. The third-order valence-corrected chi connectivity index (χ3v) is 4.94. The standard InChI is InChI=1S/C16H13ClFNO2S/c1-21-14-7-6-10(8-12(14)17)19-15(20)9-22-16(19)11-4-2-3-5-13(11)18/h2-8,16H,9H2,1H3/t16-/m1/s1. The lowest BCUT2D eigenvalue weighted by molar-refractivity contribution is -0.115. The molecule has 114 valence electrons. The van der Waals surface area contributed by atoms with Crippen LogP contribution in [0.2, 0.25) is 5.02 Å². The molecule has 0 saturated carbocycles. The lowest BCUT2D eigenvalue weighted by atomic mass is 10.1. The van der Waals surface area contributed by atoms with Crippen LogP contribution in [-0.4, -0.2) is 18.8 Å². The van der Waals surface area contributed by atoms with E-state index in [1.54, 1.807) is 41.3 Å². The van der Waals surface area contributed by atoms with Crippen LogP contribution in [0.5, 0.6) is 5.75 Å². The van der Waals surface area contributed by atoms with Crippen molar-refractivity contribution in [2.45, 2.75) is 5.37 Å². The molecule has 0 radical (unpaired) electrons. The van der Waals surface area contributed by atoms with Crippen LogP contribution >= 0.6 is 23.4 Å². The average molecular weight is 338 g/mol. The largest absolute Gasteiger partial charge is 0.495 e. The normalized spacial score (nSPS) is 17.9. The zero-order valence-corrected chi connectivity index (χ0v) is 13.3. The summed E-state index contributed by atoms with van der Waals surface area (Å²) in [6, 6.07) is 11.6. The molecular weight excluding hydrogens is 325 g/mol. The van der Waals surface area contributed by atoms with Crippen LogP contribution in [0.3, 0.4) is 0 Å². The van der Waals surface area contributed by atoms with Crippen LogP contribution in [0.25, 0.3) is 0 Å². The van der Waals surface area contributed by atoms with Gasteiger partial charge in [-0.3, -0.25) is 9.69 Å². The van der Waals surface area contributed by atoms with Crippen LogP contribution in [0.4, 0.5) is 10.1 Å². The van der Waals surface area contributed by atoms with E-state index in [1.807, 2.05) is 0 Å². The Morgan fingerprint density at radius 2 is 2.09 bits per heavy atom. The van der Waals surface area contributed by atoms with E-state index in [4.69, 9.17) is 16.3 Å². The van der Waals surface area contributed by atoms with E-state index < -0.39 is 5.37 Å². The molecule has 2 aromatic rings. The molecule has 1 heterocycles. The number of methoxy groups -OCH3 is 1. The molecule has 3 rings (SSSR count). The van der Waals surface area contributed by atoms with E-state index in [0.29, 0.717) is 27.8 Å². The summed E-state index contributed by atoms with van der Waals surface area (Å²) < 4.78 is 19.2. The fourth-order valence-corrected chi connectivity index (χ4v) is 3.86. The van der Waals surface area contributed by atoms with Crippen molar-refractivity contribution in [1.29, 1.82) is 0 Å². The van der Waals surface area contributed by atoms with E-state index in [0.717, 1.165) is 0 Å². The maximum atomic E-state index is 14.1. The zero-order chi connectivity index (χ0) is 15.7. The number of benzene rings is 2. The summed E-state index contributed by atoms with van der Waals surface area (Å²) >= 11 is 7.54. The van der Waals surface area contributed by atoms with Crippen LogP contribution in [0, 0.1) is 5.82 Å². The lowest BCUT2D eigenvalue weighted by Crippen LogP contribution is -2.28. The van der Waals surface area contributed by atoms with Crippen molar-refractivity contribution >= 4 is 35.0 Å². The number of ether oxygens (including phenoxy) is 1. The highest BCUT2D eigenvalue weighted by molar-refractivity contribution is 8.00. The highest BCUT2D eigenvalue weighted by atomic mass is 35.5. The molecule has 22 heavy (non-hydrogen) atoms. The van der Waals surface area contributed by atoms with Crippen molar-refractivity contribution < 1.29 is 13.9 Å². The number of hydrogen-bond acceptors (Lipinski definition) is 3. The Kier molecular flexibility index (Phi) is 4.27. The maximum Gasteiger partial charge on any atom is 0.238 e. The van der Waals surface area contributed by atoms with Gasteiger partial charge in [-0.05, 0) is 24.3 Å². The monoisotopic (exact) mass is 337 g/mol. The molecule has 0 unspecified atom stereocenters. The second-order valence-electron chi connectivity index (χ2n) is 4.77. The van der Waals surface area contributed by atoms with Gasteiger partial charge in [-0.1, -0.05) is 29.8 Å². The summed E-state index contributed by atoms with van der Waals surface area (Å²) in [5.74, 6) is 0.453. The average Bonchev–Trinajstić information content (AvgIpc) is 2.89. The van der Waals surface area contributed by atoms with Gasteiger partial charge in [0.15, 0.2) is 0 Å². The first-order valence-electron chi connectivity index (χ1n) is 6.63. The Hall–Kier alpha value is -1.72. The van der Waals surface area contributed by atoms with Crippen molar-refractivity contribution in [3.05, 3.63) is 58.9 Å². The number of nitrogens with zero attached hydrogens (tertiary/aromatic N) is 1. The van der Waals surface area contributed by atoms with Crippen molar-refractivity contribution in [3.8, 4) is 5.75 Å². The minimum Gasteiger partial charge on any atom is -0.495 e. The van der Waals surface area contributed by atoms with Crippen molar-refractivity contribution in [2.24, 2.45) is 0 Å². The summed E-state index contributed by atoms with van der Waals surface area (Å²) in [5, 5.41) is 0.0233. The fourth-order valence-electron chi connectivity index (χ4n) is 2.41. The van der Waals surface area contributed by atoms with Crippen LogP contribution in [-0.2, 0) is 4.79 Å². The summed E-state index contributed by atoms with van der Waals surface area (Å²) in [7, 11) is 1.53. The molecule has 1 aliphatic heterocycles. The molecule has 1 saturated heterocycles. The van der Waals surface area contributed by atoms with Crippen LogP contribution in [0.15, 0.2) is 42.5 Å². The van der Waals surface area contributed by atoms with Crippen LogP contribution in [0.1, 0.15) is 10.9 Å². The molecule has 1 amide bonds. The van der Waals surface area contributed by atoms with Gasteiger partial charge < -0.3 is 4.74 Å². The molecule has 0 spiro atoms. The Balaban J connectivity index is 2.01. The number of carbonyl (C=O) groups is 1. The quantitative estimate of drug-likeness (QED) is 0.837. The minimum atomic E-state index is -0.391. The van der Waals surface area contributed by atoms with Crippen LogP contribution < -0.4 is 9.64 Å². The molecule has 0 bridgehead atoms. The maximum absolute atomic E-state index is 14.1. The van der Waals surface area contributed by atoms with Gasteiger partial charge in [-0.15, -0.1) is 11.8 Å². The second-order valence-corrected chi connectivity index (χ2v) is 6.24. The molecule has 1 aliphatic rings. The highest BCUT2D eigenvalue weighted by Gasteiger charge is 2.35. The molecule has 0 aliphatic carbocycles. The first-order valence-corrected chi connectivity index (χ1v) is 8.06. The SMILES string of the molecule is COc1ccc(N2C(=O)CS[C@@H]2c2ccccc2F)cc1Cl. The summed E-state index contributed by atoms with van der Waals surface area (Å²) in [6.45, 7) is 0. The molecular formula is C16H13ClFNO2S. The molecule has 0 N–H and O–H groups in total. The fraction of sp³-hybridized carbons (Fsp3) is 0.188. The smallest absolute Gasteiger partial charge is 0.238 e. The van der Waals surface area contributed by atoms with E-state index >= 15 is 0 Å². The van der Waals surface area contributed by atoms with Gasteiger partial charge in [0, 0.05) is 11.3 Å². The van der Waals surface area contributed by atoms with E-state index in [1.165, 1.54) is 24.9 Å². The third kappa shape index (κ3) is 2.66. The van der Waals surface area contributed by atoms with Gasteiger partial charge in [-0.2, -0.15) is 0 Å². The van der Waals surface area contributed by atoms with Gasteiger partial charge in [0.05, 0.1) is 17.9 Å². The van der Waals surface area contributed by atoms with E-state index in [-0.39, 0.29) is 11.7 Å². The number of carbonyl (C=O) groups excluding carboxylic acids is 1. The number of thioether (sulfide) groups is 1. The zero-order valence-electron chi connectivity index (χ0n) is 11.8. The minimum absolute atomic E-state index is 0.0699. The second kappa shape index (κ2) is 6.18. The topological polar surface area (TPSA) is 29.5 Å². The first-order chi connectivity index (χ1) is 10.6. The number of amides is 1. The number of anilines is 1. The van der Waals surface area contributed by atoms with Crippen molar-refractivity contribution in [2.75, 3.05) is 17.8 Å². The Morgan fingerprint density at radius 1 is 1.32 bits per heavy atom. The number of hydrogen-bond donors (Lipinski definition) is 0. The van der Waals surface area contributed by atoms with Gasteiger partial charge in [0.25, 0.3) is 0 Å². The van der Waals surface area contributed by atoms with Gasteiger partial charge in [-0.25, -0.2) is 4.39 Å². The number of rotatable bonds is 3. The Bertz CT molecular complexity index is 725. The summed E-state index contributed by atoms with van der Waals surface area (Å²) in [5.41, 5.74) is 1.12. The van der Waals surface area contributed by atoms with E-state index in [2.05, 4.69) is 0 Å². The lowest BCUT2D eigenvalue weighted by Gasteiger charge is -2.25. The molecule has 0 aromatic heterocycles. The van der Waals surface area contributed by atoms with E-state index in [9.17, 15) is 9.18 Å². The predicted molar refractivity (Wildman–Crippen MR) is 87.1 cm³/mol.